The van der Waals surface area contributed by atoms with Gasteiger partial charge in [0.15, 0.2) is 9.84 Å². The molecule has 0 saturated heterocycles. The highest BCUT2D eigenvalue weighted by molar-refractivity contribution is 7.92. The molecule has 1 aromatic rings. The third kappa shape index (κ3) is 3.95. The maximum atomic E-state index is 12.4. The third-order valence-electron chi connectivity index (χ3n) is 2.75. The molecule has 2 N–H and O–H groups in total. The van der Waals surface area contributed by atoms with Gasteiger partial charge in [-0.1, -0.05) is 11.6 Å². The predicted molar refractivity (Wildman–Crippen MR) is 78.3 cm³/mol. The standard InChI is InChI=1S/C13H16ClNO5S/c1-7(2)15-12(16)8(3)21(19,20)11-6-9(13(17)18)4-5-10(11)14/h4-8H,1-3H3,(H,15,16)(H,17,18). The van der Waals surface area contributed by atoms with Crippen LogP contribution in [-0.2, 0) is 14.6 Å². The second kappa shape index (κ2) is 6.44. The molecule has 0 radical (unpaired) electrons. The van der Waals surface area contributed by atoms with E-state index in [1.165, 1.54) is 19.1 Å². The Morgan fingerprint density at radius 2 is 1.81 bits per heavy atom. The summed E-state index contributed by atoms with van der Waals surface area (Å²) in [4.78, 5) is 22.4. The van der Waals surface area contributed by atoms with Gasteiger partial charge in [0, 0.05) is 6.04 Å². The largest absolute Gasteiger partial charge is 0.478 e. The van der Waals surface area contributed by atoms with Crippen molar-refractivity contribution in [2.45, 2.75) is 37.0 Å². The van der Waals surface area contributed by atoms with E-state index in [4.69, 9.17) is 16.7 Å². The number of hydrogen-bond donors (Lipinski definition) is 2. The van der Waals surface area contributed by atoms with Gasteiger partial charge in [-0.15, -0.1) is 0 Å². The Kier molecular flexibility index (Phi) is 5.36. The van der Waals surface area contributed by atoms with E-state index < -0.39 is 27.0 Å². The van der Waals surface area contributed by atoms with Crippen LogP contribution in [0.2, 0.25) is 5.02 Å². The number of amides is 1. The van der Waals surface area contributed by atoms with E-state index in [2.05, 4.69) is 5.32 Å². The first-order chi connectivity index (χ1) is 9.57. The summed E-state index contributed by atoms with van der Waals surface area (Å²) in [5.74, 6) is -1.94. The fourth-order valence-electron chi connectivity index (χ4n) is 1.59. The molecule has 116 valence electrons. The molecule has 0 aromatic heterocycles. The van der Waals surface area contributed by atoms with Crippen molar-refractivity contribution in [2.24, 2.45) is 0 Å². The van der Waals surface area contributed by atoms with Crippen LogP contribution in [0.15, 0.2) is 23.1 Å². The van der Waals surface area contributed by atoms with E-state index in [-0.39, 0.29) is 21.5 Å². The van der Waals surface area contributed by atoms with E-state index in [0.717, 1.165) is 6.07 Å². The number of nitrogens with one attached hydrogen (secondary N) is 1. The number of benzene rings is 1. The Labute approximate surface area is 128 Å². The van der Waals surface area contributed by atoms with E-state index in [0.29, 0.717) is 0 Å². The summed E-state index contributed by atoms with van der Waals surface area (Å²) in [6.45, 7) is 4.64. The van der Waals surface area contributed by atoms with Crippen molar-refractivity contribution < 1.29 is 23.1 Å². The molecule has 1 atom stereocenters. The first kappa shape index (κ1) is 17.5. The van der Waals surface area contributed by atoms with Gasteiger partial charge in [-0.3, -0.25) is 4.79 Å². The minimum absolute atomic E-state index is 0.121. The summed E-state index contributed by atoms with van der Waals surface area (Å²) in [6.07, 6.45) is 0. The molecule has 0 fully saturated rings. The quantitative estimate of drug-likeness (QED) is 0.854. The highest BCUT2D eigenvalue weighted by atomic mass is 35.5. The van der Waals surface area contributed by atoms with Crippen molar-refractivity contribution in [1.29, 1.82) is 0 Å². The van der Waals surface area contributed by atoms with Gasteiger partial charge < -0.3 is 10.4 Å². The lowest BCUT2D eigenvalue weighted by Crippen LogP contribution is -2.41. The normalized spacial score (nSPS) is 13.0. The first-order valence-electron chi connectivity index (χ1n) is 6.14. The van der Waals surface area contributed by atoms with Crippen LogP contribution >= 0.6 is 11.6 Å². The molecule has 6 nitrogen and oxygen atoms in total. The Morgan fingerprint density at radius 1 is 1.24 bits per heavy atom. The Bertz CT molecular complexity index is 669. The summed E-state index contributed by atoms with van der Waals surface area (Å²) in [5.41, 5.74) is -0.213. The average Bonchev–Trinajstić information content (AvgIpc) is 2.36. The zero-order valence-corrected chi connectivity index (χ0v) is 13.3. The van der Waals surface area contributed by atoms with Crippen LogP contribution in [-0.4, -0.2) is 36.7 Å². The summed E-state index contributed by atoms with van der Waals surface area (Å²) < 4.78 is 24.8. The molecule has 0 bridgehead atoms. The van der Waals surface area contributed by atoms with Crippen LogP contribution in [0.5, 0.6) is 0 Å². The Hall–Kier alpha value is -1.60. The van der Waals surface area contributed by atoms with Gasteiger partial charge in [0.25, 0.3) is 0 Å². The van der Waals surface area contributed by atoms with E-state index >= 15 is 0 Å². The predicted octanol–water partition coefficient (Wildman–Crippen LogP) is 1.72. The molecule has 0 heterocycles. The molecule has 8 heteroatoms. The number of carbonyl (C=O) groups is 2. The van der Waals surface area contributed by atoms with Crippen LogP contribution in [0, 0.1) is 0 Å². The van der Waals surface area contributed by atoms with Gasteiger partial charge >= 0.3 is 5.97 Å². The van der Waals surface area contributed by atoms with E-state index in [9.17, 15) is 18.0 Å². The van der Waals surface area contributed by atoms with Crippen molar-refractivity contribution in [3.8, 4) is 0 Å². The summed E-state index contributed by atoms with van der Waals surface area (Å²) in [5, 5.41) is 9.92. The van der Waals surface area contributed by atoms with Gasteiger partial charge in [-0.2, -0.15) is 0 Å². The number of carboxylic acid groups (broad SMARTS) is 1. The fourth-order valence-corrected chi connectivity index (χ4v) is 3.39. The highest BCUT2D eigenvalue weighted by Gasteiger charge is 2.32. The van der Waals surface area contributed by atoms with Crippen molar-refractivity contribution in [2.75, 3.05) is 0 Å². The topological polar surface area (TPSA) is 101 Å². The molecule has 1 aromatic carbocycles. The molecule has 0 spiro atoms. The third-order valence-corrected chi connectivity index (χ3v) is 5.29. The molecule has 1 rings (SSSR count). The zero-order valence-electron chi connectivity index (χ0n) is 11.8. The average molecular weight is 334 g/mol. The second-order valence-corrected chi connectivity index (χ2v) is 7.45. The monoisotopic (exact) mass is 333 g/mol. The molecule has 0 aliphatic heterocycles. The van der Waals surface area contributed by atoms with Crippen molar-refractivity contribution in [3.05, 3.63) is 28.8 Å². The number of hydrogen-bond acceptors (Lipinski definition) is 4. The molecular weight excluding hydrogens is 318 g/mol. The fraction of sp³-hybridized carbons (Fsp3) is 0.385. The van der Waals surface area contributed by atoms with Gasteiger partial charge in [0.05, 0.1) is 15.5 Å². The van der Waals surface area contributed by atoms with Crippen LogP contribution in [0.1, 0.15) is 31.1 Å². The summed E-state index contributed by atoms with van der Waals surface area (Å²) in [6, 6.07) is 3.13. The zero-order chi connectivity index (χ0) is 16.4. The maximum absolute atomic E-state index is 12.4. The first-order valence-corrected chi connectivity index (χ1v) is 8.07. The maximum Gasteiger partial charge on any atom is 0.335 e. The van der Waals surface area contributed by atoms with Crippen LogP contribution in [0.25, 0.3) is 0 Å². The van der Waals surface area contributed by atoms with Crippen molar-refractivity contribution in [1.82, 2.24) is 5.32 Å². The smallest absolute Gasteiger partial charge is 0.335 e. The second-order valence-electron chi connectivity index (χ2n) is 4.80. The number of halogens is 1. The van der Waals surface area contributed by atoms with Crippen LogP contribution < -0.4 is 5.32 Å². The Balaban J connectivity index is 3.27. The number of aromatic carboxylic acids is 1. The minimum atomic E-state index is -4.08. The highest BCUT2D eigenvalue weighted by Crippen LogP contribution is 2.26. The Morgan fingerprint density at radius 3 is 2.29 bits per heavy atom. The number of sulfone groups is 1. The van der Waals surface area contributed by atoms with E-state index in [1.807, 2.05) is 0 Å². The molecule has 21 heavy (non-hydrogen) atoms. The van der Waals surface area contributed by atoms with Crippen LogP contribution in [0.4, 0.5) is 0 Å². The van der Waals surface area contributed by atoms with Crippen molar-refractivity contribution >= 4 is 33.3 Å². The summed E-state index contributed by atoms with van der Waals surface area (Å²) >= 11 is 5.84. The molecule has 1 unspecified atom stereocenters. The molecule has 0 aliphatic rings. The minimum Gasteiger partial charge on any atom is -0.478 e. The number of carboxylic acids is 1. The molecular formula is C13H16ClNO5S. The molecule has 1 amide bonds. The van der Waals surface area contributed by atoms with Gasteiger partial charge in [-0.25, -0.2) is 13.2 Å². The number of rotatable bonds is 5. The van der Waals surface area contributed by atoms with Gasteiger partial charge in [-0.05, 0) is 39.0 Å². The lowest BCUT2D eigenvalue weighted by atomic mass is 10.2. The SMILES string of the molecule is CC(C)NC(=O)C(C)S(=O)(=O)c1cc(C(=O)O)ccc1Cl. The lowest BCUT2D eigenvalue weighted by Gasteiger charge is -2.16. The van der Waals surface area contributed by atoms with Crippen LogP contribution in [0.3, 0.4) is 0 Å². The van der Waals surface area contributed by atoms with Gasteiger partial charge in [0.1, 0.15) is 5.25 Å². The van der Waals surface area contributed by atoms with Gasteiger partial charge in [0.2, 0.25) is 5.91 Å². The number of carbonyl (C=O) groups excluding carboxylic acids is 1. The van der Waals surface area contributed by atoms with Crippen molar-refractivity contribution in [3.63, 3.8) is 0 Å². The molecule has 0 aliphatic carbocycles. The molecule has 0 saturated carbocycles. The van der Waals surface area contributed by atoms with E-state index in [1.54, 1.807) is 13.8 Å². The lowest BCUT2D eigenvalue weighted by molar-refractivity contribution is -0.120. The summed E-state index contributed by atoms with van der Waals surface area (Å²) in [7, 11) is -4.08.